The van der Waals surface area contributed by atoms with E-state index in [4.69, 9.17) is 9.47 Å². The maximum atomic E-state index is 9.24. The molecule has 0 radical (unpaired) electrons. The van der Waals surface area contributed by atoms with Crippen molar-refractivity contribution in [1.82, 2.24) is 0 Å². The first kappa shape index (κ1) is 38.4. The van der Waals surface area contributed by atoms with Gasteiger partial charge in [0.25, 0.3) is 0 Å². The highest BCUT2D eigenvalue weighted by Gasteiger charge is 2.40. The molecule has 242 valence electrons. The molecule has 3 nitrogen and oxygen atoms in total. The van der Waals surface area contributed by atoms with E-state index in [1.807, 2.05) is 0 Å². The highest BCUT2D eigenvalue weighted by molar-refractivity contribution is 4.82. The summed E-state index contributed by atoms with van der Waals surface area (Å²) in [7, 11) is 0. The topological polar surface area (TPSA) is 38.7 Å². The molecule has 0 bridgehead atoms. The Labute approximate surface area is 257 Å². The second kappa shape index (κ2) is 29.4. The van der Waals surface area contributed by atoms with Crippen molar-refractivity contribution in [3.05, 3.63) is 24.3 Å². The lowest BCUT2D eigenvalue weighted by atomic mass is 9.98. The zero-order chi connectivity index (χ0) is 29.5. The molecule has 1 fully saturated rings. The number of unbranched alkanes of at least 4 members (excludes halogenated alkanes) is 20. The van der Waals surface area contributed by atoms with Gasteiger partial charge in [-0.2, -0.15) is 0 Å². The molecule has 0 aliphatic carbocycles. The highest BCUT2D eigenvalue weighted by atomic mass is 16.7. The molecule has 1 aliphatic heterocycles. The maximum absolute atomic E-state index is 9.24. The van der Waals surface area contributed by atoms with Gasteiger partial charge in [-0.25, -0.2) is 0 Å². The van der Waals surface area contributed by atoms with Crippen molar-refractivity contribution in [1.29, 1.82) is 0 Å². The number of rotatable bonds is 31. The molecule has 1 N–H and O–H groups in total. The van der Waals surface area contributed by atoms with Crippen LogP contribution in [0.2, 0.25) is 0 Å². The van der Waals surface area contributed by atoms with Crippen molar-refractivity contribution in [3.8, 4) is 0 Å². The Bertz CT molecular complexity index is 546. The summed E-state index contributed by atoms with van der Waals surface area (Å²) in [6.45, 7) is 5.51. The molecule has 1 aliphatic rings. The smallest absolute Gasteiger partial charge is 0.168 e. The summed E-state index contributed by atoms with van der Waals surface area (Å²) in [5, 5.41) is 9.24. The lowest BCUT2D eigenvalue weighted by Crippen LogP contribution is -2.31. The minimum absolute atomic E-state index is 0.168. The van der Waals surface area contributed by atoms with E-state index in [9.17, 15) is 5.11 Å². The summed E-state index contributed by atoms with van der Waals surface area (Å²) < 4.78 is 12.9. The third kappa shape index (κ3) is 23.5. The SMILES string of the molecule is CCCCCC/C=C\CCCCCCCCC1(CCCCCCCC/C=C\CCCCCC)OC[C@H](CCCO)O1. The fourth-order valence-corrected chi connectivity index (χ4v) is 6.04. The number of hydrogen-bond acceptors (Lipinski definition) is 3. The van der Waals surface area contributed by atoms with Crippen LogP contribution in [-0.2, 0) is 9.47 Å². The molecule has 0 spiro atoms. The summed E-state index contributed by atoms with van der Waals surface area (Å²) in [5.41, 5.74) is 0. The molecule has 0 amide bonds. The number of allylic oxidation sites excluding steroid dienone is 4. The summed E-state index contributed by atoms with van der Waals surface area (Å²) in [6.07, 6.45) is 45.3. The molecule has 41 heavy (non-hydrogen) atoms. The van der Waals surface area contributed by atoms with Crippen molar-refractivity contribution in [2.45, 2.75) is 206 Å². The van der Waals surface area contributed by atoms with Crippen molar-refractivity contribution in [2.75, 3.05) is 13.2 Å². The monoisotopic (exact) mass is 577 g/mol. The quantitative estimate of drug-likeness (QED) is 0.0659. The van der Waals surface area contributed by atoms with Crippen molar-refractivity contribution < 1.29 is 14.6 Å². The van der Waals surface area contributed by atoms with E-state index in [0.29, 0.717) is 6.61 Å². The second-order valence-corrected chi connectivity index (χ2v) is 12.8. The Balaban J connectivity index is 2.12. The molecular formula is C38H72O3. The van der Waals surface area contributed by atoms with E-state index in [0.717, 1.165) is 25.7 Å². The van der Waals surface area contributed by atoms with Crippen LogP contribution in [0.25, 0.3) is 0 Å². The average molecular weight is 577 g/mol. The van der Waals surface area contributed by atoms with Crippen LogP contribution in [-0.4, -0.2) is 30.2 Å². The summed E-state index contributed by atoms with van der Waals surface area (Å²) in [6, 6.07) is 0. The van der Waals surface area contributed by atoms with E-state index < -0.39 is 0 Å². The predicted molar refractivity (Wildman–Crippen MR) is 180 cm³/mol. The predicted octanol–water partition coefficient (Wildman–Crippen LogP) is 12.2. The summed E-state index contributed by atoms with van der Waals surface area (Å²) in [5.74, 6) is -0.357. The van der Waals surface area contributed by atoms with Gasteiger partial charge in [0.05, 0.1) is 12.7 Å². The van der Waals surface area contributed by atoms with Crippen molar-refractivity contribution >= 4 is 0 Å². The standard InChI is InChI=1S/C38H72O3/c1-3-5-7-9-11-13-15-17-19-21-23-25-27-29-33-38(40-36-37(41-38)32-31-35-39)34-30-28-26-24-22-20-18-16-14-12-10-8-6-4-2/h13-16,37,39H,3-12,17-36H2,1-2H3/b15-13-,16-14-/t37-/m0/s1. The van der Waals surface area contributed by atoms with Crippen molar-refractivity contribution in [3.63, 3.8) is 0 Å². The minimum atomic E-state index is -0.357. The van der Waals surface area contributed by atoms with Gasteiger partial charge in [0.15, 0.2) is 5.79 Å². The second-order valence-electron chi connectivity index (χ2n) is 12.8. The fraction of sp³-hybridized carbons (Fsp3) is 0.895. The van der Waals surface area contributed by atoms with Crippen LogP contribution < -0.4 is 0 Å². The first-order valence-corrected chi connectivity index (χ1v) is 18.5. The zero-order valence-corrected chi connectivity index (χ0v) is 27.9. The molecule has 0 aromatic rings. The molecule has 1 rings (SSSR count). The van der Waals surface area contributed by atoms with Gasteiger partial charge in [0, 0.05) is 19.4 Å². The van der Waals surface area contributed by atoms with Gasteiger partial charge in [-0.1, -0.05) is 128 Å². The third-order valence-electron chi connectivity index (χ3n) is 8.74. The van der Waals surface area contributed by atoms with E-state index in [1.165, 1.54) is 154 Å². The number of hydrogen-bond donors (Lipinski definition) is 1. The molecule has 1 atom stereocenters. The van der Waals surface area contributed by atoms with Crippen LogP contribution >= 0.6 is 0 Å². The Kier molecular flexibility index (Phi) is 27.6. The Morgan fingerprint density at radius 1 is 0.537 bits per heavy atom. The lowest BCUT2D eigenvalue weighted by molar-refractivity contribution is -0.180. The van der Waals surface area contributed by atoms with Gasteiger partial charge in [0.1, 0.15) is 0 Å². The first-order chi connectivity index (χ1) is 20.3. The van der Waals surface area contributed by atoms with Crippen LogP contribution in [0.4, 0.5) is 0 Å². The van der Waals surface area contributed by atoms with Gasteiger partial charge in [-0.05, 0) is 77.0 Å². The molecule has 1 heterocycles. The van der Waals surface area contributed by atoms with Crippen LogP contribution in [0.3, 0.4) is 0 Å². The molecule has 3 heteroatoms. The molecule has 0 aromatic carbocycles. The third-order valence-corrected chi connectivity index (χ3v) is 8.74. The Morgan fingerprint density at radius 3 is 1.34 bits per heavy atom. The zero-order valence-electron chi connectivity index (χ0n) is 27.9. The largest absolute Gasteiger partial charge is 0.396 e. The van der Waals surface area contributed by atoms with E-state index >= 15 is 0 Å². The van der Waals surface area contributed by atoms with Gasteiger partial charge in [-0.3, -0.25) is 0 Å². The van der Waals surface area contributed by atoms with Crippen LogP contribution in [0.15, 0.2) is 24.3 Å². The Hall–Kier alpha value is -0.640. The van der Waals surface area contributed by atoms with E-state index in [2.05, 4.69) is 38.2 Å². The summed E-state index contributed by atoms with van der Waals surface area (Å²) >= 11 is 0. The average Bonchev–Trinajstić information content (AvgIpc) is 3.39. The van der Waals surface area contributed by atoms with Gasteiger partial charge in [-0.15, -0.1) is 0 Å². The normalized spacial score (nSPS) is 17.0. The van der Waals surface area contributed by atoms with E-state index in [-0.39, 0.29) is 18.5 Å². The molecule has 1 saturated heterocycles. The summed E-state index contributed by atoms with van der Waals surface area (Å²) in [4.78, 5) is 0. The van der Waals surface area contributed by atoms with Crippen LogP contribution in [0.1, 0.15) is 194 Å². The van der Waals surface area contributed by atoms with Crippen molar-refractivity contribution in [2.24, 2.45) is 0 Å². The van der Waals surface area contributed by atoms with E-state index in [1.54, 1.807) is 0 Å². The first-order valence-electron chi connectivity index (χ1n) is 18.5. The minimum Gasteiger partial charge on any atom is -0.396 e. The van der Waals surface area contributed by atoms with Gasteiger partial charge in [0.2, 0.25) is 0 Å². The maximum Gasteiger partial charge on any atom is 0.168 e. The number of aliphatic hydroxyl groups excluding tert-OH is 1. The Morgan fingerprint density at radius 2 is 0.927 bits per heavy atom. The molecule has 0 unspecified atom stereocenters. The lowest BCUT2D eigenvalue weighted by Gasteiger charge is -2.28. The van der Waals surface area contributed by atoms with Gasteiger partial charge >= 0.3 is 0 Å². The number of aliphatic hydroxyl groups is 1. The number of ether oxygens (including phenoxy) is 2. The van der Waals surface area contributed by atoms with Crippen LogP contribution in [0, 0.1) is 0 Å². The molecule has 0 saturated carbocycles. The highest BCUT2D eigenvalue weighted by Crippen LogP contribution is 2.36. The van der Waals surface area contributed by atoms with Gasteiger partial charge < -0.3 is 14.6 Å². The fourth-order valence-electron chi connectivity index (χ4n) is 6.04. The molecular weight excluding hydrogens is 504 g/mol. The molecule has 0 aromatic heterocycles. The van der Waals surface area contributed by atoms with Crippen LogP contribution in [0.5, 0.6) is 0 Å².